The van der Waals surface area contributed by atoms with E-state index >= 15 is 0 Å². The summed E-state index contributed by atoms with van der Waals surface area (Å²) in [6.45, 7) is 4.89. The molecule has 0 aromatic carbocycles. The van der Waals surface area contributed by atoms with E-state index in [9.17, 15) is 9.59 Å². The first-order valence-corrected chi connectivity index (χ1v) is 6.36. The molecular weight excluding hydrogens is 246 g/mol. The first-order valence-electron chi connectivity index (χ1n) is 6.36. The van der Waals surface area contributed by atoms with Crippen molar-refractivity contribution < 1.29 is 14.3 Å². The zero-order valence-electron chi connectivity index (χ0n) is 10.9. The molecule has 0 radical (unpaired) electrons. The molecule has 1 saturated heterocycles. The molecule has 19 heavy (non-hydrogen) atoms. The predicted molar refractivity (Wildman–Crippen MR) is 69.0 cm³/mol. The van der Waals surface area contributed by atoms with E-state index in [2.05, 4.69) is 10.3 Å². The number of pyridine rings is 1. The molecule has 0 atom stereocenters. The predicted octanol–water partition coefficient (Wildman–Crippen LogP) is 0.304. The number of esters is 1. The summed E-state index contributed by atoms with van der Waals surface area (Å²) in [6.07, 6.45) is 0. The molecule has 1 aliphatic rings. The second-order valence-electron chi connectivity index (χ2n) is 4.17. The molecule has 0 unspecified atom stereocenters. The van der Waals surface area contributed by atoms with Gasteiger partial charge in [-0.05, 0) is 19.1 Å². The van der Waals surface area contributed by atoms with Gasteiger partial charge in [0.1, 0.15) is 11.4 Å². The largest absolute Gasteiger partial charge is 0.461 e. The summed E-state index contributed by atoms with van der Waals surface area (Å²) in [7, 11) is 0. The number of nitrogens with one attached hydrogen (secondary N) is 1. The van der Waals surface area contributed by atoms with Crippen molar-refractivity contribution in [1.29, 1.82) is 0 Å². The maximum absolute atomic E-state index is 12.2. The van der Waals surface area contributed by atoms with Crippen molar-refractivity contribution >= 4 is 11.9 Å². The first kappa shape index (κ1) is 13.5. The number of hydrogen-bond donors (Lipinski definition) is 1. The SMILES string of the molecule is CCOC(=O)c1cccc(C(=O)N2CCNCC2)n1. The Labute approximate surface area is 111 Å². The van der Waals surface area contributed by atoms with E-state index in [1.54, 1.807) is 30.0 Å². The molecule has 0 spiro atoms. The van der Waals surface area contributed by atoms with Crippen LogP contribution in [0.2, 0.25) is 0 Å². The number of rotatable bonds is 3. The topological polar surface area (TPSA) is 71.5 Å². The highest BCUT2D eigenvalue weighted by Gasteiger charge is 2.20. The van der Waals surface area contributed by atoms with Gasteiger partial charge in [0.15, 0.2) is 0 Å². The summed E-state index contributed by atoms with van der Waals surface area (Å²) < 4.78 is 4.87. The van der Waals surface area contributed by atoms with Crippen LogP contribution in [-0.2, 0) is 4.74 Å². The maximum atomic E-state index is 12.2. The summed E-state index contributed by atoms with van der Waals surface area (Å²) in [4.78, 5) is 29.6. The number of carbonyl (C=O) groups excluding carboxylic acids is 2. The Morgan fingerprint density at radius 2 is 2.00 bits per heavy atom. The molecule has 1 aromatic heterocycles. The normalized spacial score (nSPS) is 15.1. The van der Waals surface area contributed by atoms with Crippen molar-refractivity contribution in [3.05, 3.63) is 29.6 Å². The number of piperazine rings is 1. The molecule has 6 heteroatoms. The van der Waals surface area contributed by atoms with Crippen LogP contribution in [0, 0.1) is 0 Å². The lowest BCUT2D eigenvalue weighted by atomic mass is 10.2. The van der Waals surface area contributed by atoms with Gasteiger partial charge in [0, 0.05) is 26.2 Å². The molecule has 1 amide bonds. The minimum absolute atomic E-state index is 0.146. The Kier molecular flexibility index (Phi) is 4.46. The number of ether oxygens (including phenoxy) is 1. The van der Waals surface area contributed by atoms with E-state index in [-0.39, 0.29) is 23.9 Å². The van der Waals surface area contributed by atoms with Gasteiger partial charge in [0.05, 0.1) is 6.61 Å². The summed E-state index contributed by atoms with van der Waals surface area (Å²) in [5.41, 5.74) is 0.454. The van der Waals surface area contributed by atoms with Crippen molar-refractivity contribution in [2.75, 3.05) is 32.8 Å². The summed E-state index contributed by atoms with van der Waals surface area (Å²) >= 11 is 0. The van der Waals surface area contributed by atoms with Crippen LogP contribution in [0.4, 0.5) is 0 Å². The number of nitrogens with zero attached hydrogens (tertiary/aromatic N) is 2. The van der Waals surface area contributed by atoms with Crippen LogP contribution in [0.1, 0.15) is 27.9 Å². The Hall–Kier alpha value is -1.95. The van der Waals surface area contributed by atoms with E-state index < -0.39 is 5.97 Å². The lowest BCUT2D eigenvalue weighted by Gasteiger charge is -2.27. The molecule has 1 N–H and O–H groups in total. The van der Waals surface area contributed by atoms with Gasteiger partial charge < -0.3 is 15.0 Å². The standard InChI is InChI=1S/C13H17N3O3/c1-2-19-13(18)11-5-3-4-10(15-11)12(17)16-8-6-14-7-9-16/h3-5,14H,2,6-9H2,1H3. The van der Waals surface area contributed by atoms with Crippen molar-refractivity contribution in [1.82, 2.24) is 15.2 Å². The van der Waals surface area contributed by atoms with Crippen LogP contribution < -0.4 is 5.32 Å². The van der Waals surface area contributed by atoms with Crippen LogP contribution in [0.25, 0.3) is 0 Å². The maximum Gasteiger partial charge on any atom is 0.356 e. The Morgan fingerprint density at radius 3 is 2.68 bits per heavy atom. The minimum atomic E-state index is -0.502. The van der Waals surface area contributed by atoms with E-state index in [1.165, 1.54) is 0 Å². The zero-order chi connectivity index (χ0) is 13.7. The van der Waals surface area contributed by atoms with Gasteiger partial charge in [-0.15, -0.1) is 0 Å². The van der Waals surface area contributed by atoms with Crippen molar-refractivity contribution in [2.45, 2.75) is 6.92 Å². The number of amides is 1. The molecule has 1 aliphatic heterocycles. The van der Waals surface area contributed by atoms with Gasteiger partial charge in [-0.2, -0.15) is 0 Å². The monoisotopic (exact) mass is 263 g/mol. The summed E-state index contributed by atoms with van der Waals surface area (Å²) in [6, 6.07) is 4.81. The molecule has 2 heterocycles. The van der Waals surface area contributed by atoms with Gasteiger partial charge in [-0.25, -0.2) is 9.78 Å². The van der Waals surface area contributed by atoms with E-state index in [4.69, 9.17) is 4.74 Å². The fourth-order valence-corrected chi connectivity index (χ4v) is 1.90. The van der Waals surface area contributed by atoms with Gasteiger partial charge in [0.2, 0.25) is 0 Å². The highest BCUT2D eigenvalue weighted by molar-refractivity contribution is 5.94. The Morgan fingerprint density at radius 1 is 1.32 bits per heavy atom. The minimum Gasteiger partial charge on any atom is -0.461 e. The van der Waals surface area contributed by atoms with Crippen LogP contribution in [-0.4, -0.2) is 54.5 Å². The van der Waals surface area contributed by atoms with E-state index in [0.717, 1.165) is 13.1 Å². The van der Waals surface area contributed by atoms with Crippen LogP contribution in [0.15, 0.2) is 18.2 Å². The van der Waals surface area contributed by atoms with Gasteiger partial charge in [0.25, 0.3) is 5.91 Å². The van der Waals surface area contributed by atoms with Crippen LogP contribution in [0.3, 0.4) is 0 Å². The number of aromatic nitrogens is 1. The Bertz CT molecular complexity index is 470. The molecule has 2 rings (SSSR count). The summed E-state index contributed by atoms with van der Waals surface area (Å²) in [5, 5.41) is 3.18. The van der Waals surface area contributed by atoms with Crippen molar-refractivity contribution in [2.24, 2.45) is 0 Å². The molecule has 102 valence electrons. The lowest BCUT2D eigenvalue weighted by Crippen LogP contribution is -2.46. The fraction of sp³-hybridized carbons (Fsp3) is 0.462. The third kappa shape index (κ3) is 3.29. The molecule has 1 fully saturated rings. The van der Waals surface area contributed by atoms with E-state index in [1.807, 2.05) is 0 Å². The van der Waals surface area contributed by atoms with Crippen LogP contribution >= 0.6 is 0 Å². The number of carbonyl (C=O) groups is 2. The van der Waals surface area contributed by atoms with Crippen molar-refractivity contribution in [3.8, 4) is 0 Å². The highest BCUT2D eigenvalue weighted by Crippen LogP contribution is 2.06. The second-order valence-corrected chi connectivity index (χ2v) is 4.17. The lowest BCUT2D eigenvalue weighted by molar-refractivity contribution is 0.0519. The quantitative estimate of drug-likeness (QED) is 0.794. The number of hydrogen-bond acceptors (Lipinski definition) is 5. The average Bonchev–Trinajstić information content (AvgIpc) is 2.48. The average molecular weight is 263 g/mol. The third-order valence-corrected chi connectivity index (χ3v) is 2.86. The van der Waals surface area contributed by atoms with Crippen LogP contribution in [0.5, 0.6) is 0 Å². The van der Waals surface area contributed by atoms with E-state index in [0.29, 0.717) is 13.1 Å². The third-order valence-electron chi connectivity index (χ3n) is 2.86. The van der Waals surface area contributed by atoms with Gasteiger partial charge >= 0.3 is 5.97 Å². The smallest absolute Gasteiger partial charge is 0.356 e. The fourth-order valence-electron chi connectivity index (χ4n) is 1.90. The zero-order valence-corrected chi connectivity index (χ0v) is 10.9. The molecule has 0 aliphatic carbocycles. The van der Waals surface area contributed by atoms with Crippen molar-refractivity contribution in [3.63, 3.8) is 0 Å². The molecule has 0 saturated carbocycles. The Balaban J connectivity index is 2.13. The first-order chi connectivity index (χ1) is 9.22. The van der Waals surface area contributed by atoms with Gasteiger partial charge in [-0.3, -0.25) is 4.79 Å². The second kappa shape index (κ2) is 6.29. The van der Waals surface area contributed by atoms with Gasteiger partial charge in [-0.1, -0.05) is 6.07 Å². The molecule has 0 bridgehead atoms. The highest BCUT2D eigenvalue weighted by atomic mass is 16.5. The molecule has 6 nitrogen and oxygen atoms in total. The summed E-state index contributed by atoms with van der Waals surface area (Å²) in [5.74, 6) is -0.648. The molecule has 1 aromatic rings. The molecular formula is C13H17N3O3.